The number of anilines is 1. The highest BCUT2D eigenvalue weighted by Gasteiger charge is 2.20. The van der Waals surface area contributed by atoms with Gasteiger partial charge < -0.3 is 14.5 Å². The molecule has 1 amide bonds. The molecular formula is C23H30N4O2S. The first-order valence-electron chi connectivity index (χ1n) is 10.8. The lowest BCUT2D eigenvalue weighted by atomic mass is 10.1. The second kappa shape index (κ2) is 9.79. The molecule has 2 saturated heterocycles. The molecule has 3 heterocycles. The van der Waals surface area contributed by atoms with Gasteiger partial charge in [0.1, 0.15) is 5.82 Å². The van der Waals surface area contributed by atoms with E-state index in [4.69, 9.17) is 14.7 Å². The summed E-state index contributed by atoms with van der Waals surface area (Å²) in [5.41, 5.74) is 2.96. The van der Waals surface area contributed by atoms with Crippen LogP contribution in [0.1, 0.15) is 54.2 Å². The lowest BCUT2D eigenvalue weighted by molar-refractivity contribution is 0.0792. The Kier molecular flexibility index (Phi) is 6.89. The number of amides is 1. The molecule has 2 aromatic rings. The van der Waals surface area contributed by atoms with Crippen molar-refractivity contribution in [3.05, 3.63) is 47.2 Å². The van der Waals surface area contributed by atoms with E-state index in [0.717, 1.165) is 85.8 Å². The minimum Gasteiger partial charge on any atom is -0.378 e. The van der Waals surface area contributed by atoms with Crippen LogP contribution in [0.4, 0.5) is 5.82 Å². The topological polar surface area (TPSA) is 58.6 Å². The molecule has 2 aliphatic rings. The molecule has 30 heavy (non-hydrogen) atoms. The van der Waals surface area contributed by atoms with Crippen LogP contribution >= 0.6 is 11.8 Å². The van der Waals surface area contributed by atoms with Crippen molar-refractivity contribution in [2.75, 3.05) is 44.3 Å². The van der Waals surface area contributed by atoms with Gasteiger partial charge in [-0.15, -0.1) is 0 Å². The van der Waals surface area contributed by atoms with E-state index in [1.54, 1.807) is 11.8 Å². The third kappa shape index (κ3) is 5.13. The quantitative estimate of drug-likeness (QED) is 0.515. The van der Waals surface area contributed by atoms with Crippen molar-refractivity contribution < 1.29 is 9.53 Å². The lowest BCUT2D eigenvalue weighted by Crippen LogP contribution is -2.37. The molecule has 0 N–H and O–H groups in total. The van der Waals surface area contributed by atoms with E-state index in [0.29, 0.717) is 5.92 Å². The molecule has 0 saturated carbocycles. The van der Waals surface area contributed by atoms with Gasteiger partial charge in [-0.3, -0.25) is 4.79 Å². The number of carbonyl (C=O) groups is 1. The molecule has 2 fully saturated rings. The second-order valence-electron chi connectivity index (χ2n) is 8.18. The van der Waals surface area contributed by atoms with Gasteiger partial charge in [0.15, 0.2) is 5.16 Å². The molecular weight excluding hydrogens is 396 g/mol. The number of thioether (sulfide) groups is 1. The minimum atomic E-state index is 0.145. The summed E-state index contributed by atoms with van der Waals surface area (Å²) < 4.78 is 5.48. The first-order chi connectivity index (χ1) is 14.6. The molecule has 160 valence electrons. The molecule has 0 spiro atoms. The van der Waals surface area contributed by atoms with E-state index in [2.05, 4.69) is 30.9 Å². The zero-order valence-corrected chi connectivity index (χ0v) is 18.7. The number of likely N-dealkylation sites (tertiary alicyclic amines) is 1. The number of carbonyl (C=O) groups excluding carboxylic acids is 1. The van der Waals surface area contributed by atoms with E-state index in [9.17, 15) is 4.79 Å². The van der Waals surface area contributed by atoms with Gasteiger partial charge in [-0.2, -0.15) is 0 Å². The largest absolute Gasteiger partial charge is 0.378 e. The average molecular weight is 427 g/mol. The van der Waals surface area contributed by atoms with Crippen molar-refractivity contribution in [3.63, 3.8) is 0 Å². The van der Waals surface area contributed by atoms with E-state index in [-0.39, 0.29) is 5.91 Å². The summed E-state index contributed by atoms with van der Waals surface area (Å²) in [4.78, 5) is 26.5. The maximum absolute atomic E-state index is 12.7. The van der Waals surface area contributed by atoms with Gasteiger partial charge in [0.05, 0.1) is 13.2 Å². The summed E-state index contributed by atoms with van der Waals surface area (Å²) >= 11 is 1.63. The molecule has 2 aliphatic heterocycles. The first kappa shape index (κ1) is 21.1. The summed E-state index contributed by atoms with van der Waals surface area (Å²) in [5.74, 6) is 2.21. The molecule has 0 atom stereocenters. The highest BCUT2D eigenvalue weighted by atomic mass is 32.2. The molecule has 0 radical (unpaired) electrons. The first-order valence-corrected chi connectivity index (χ1v) is 11.8. The molecule has 7 heteroatoms. The van der Waals surface area contributed by atoms with Crippen molar-refractivity contribution in [2.24, 2.45) is 0 Å². The van der Waals surface area contributed by atoms with Gasteiger partial charge >= 0.3 is 0 Å². The van der Waals surface area contributed by atoms with Crippen LogP contribution in [-0.2, 0) is 10.5 Å². The van der Waals surface area contributed by atoms with Crippen LogP contribution in [0.3, 0.4) is 0 Å². The van der Waals surface area contributed by atoms with Crippen LogP contribution in [0.2, 0.25) is 0 Å². The van der Waals surface area contributed by atoms with Crippen LogP contribution in [-0.4, -0.2) is 60.2 Å². The van der Waals surface area contributed by atoms with Gasteiger partial charge in [-0.05, 0) is 36.5 Å². The molecule has 0 aliphatic carbocycles. The Morgan fingerprint density at radius 3 is 2.60 bits per heavy atom. The highest BCUT2D eigenvalue weighted by Crippen LogP contribution is 2.26. The Balaban J connectivity index is 1.48. The fourth-order valence-corrected chi connectivity index (χ4v) is 4.59. The number of hydrogen-bond acceptors (Lipinski definition) is 6. The van der Waals surface area contributed by atoms with Gasteiger partial charge in [0.2, 0.25) is 0 Å². The van der Waals surface area contributed by atoms with Crippen LogP contribution in [0.15, 0.2) is 35.5 Å². The number of benzene rings is 1. The minimum absolute atomic E-state index is 0.145. The average Bonchev–Trinajstić information content (AvgIpc) is 3.33. The van der Waals surface area contributed by atoms with Crippen LogP contribution in [0.5, 0.6) is 0 Å². The number of nitrogens with zero attached hydrogens (tertiary/aromatic N) is 4. The summed E-state index contributed by atoms with van der Waals surface area (Å²) in [6, 6.07) is 10.1. The summed E-state index contributed by atoms with van der Waals surface area (Å²) in [6.07, 6.45) is 2.21. The van der Waals surface area contributed by atoms with Crippen LogP contribution < -0.4 is 4.90 Å². The number of aromatic nitrogens is 2. The molecule has 1 aromatic heterocycles. The fourth-order valence-electron chi connectivity index (χ4n) is 3.79. The van der Waals surface area contributed by atoms with Crippen molar-refractivity contribution in [2.45, 2.75) is 43.5 Å². The van der Waals surface area contributed by atoms with E-state index in [1.807, 2.05) is 23.1 Å². The monoisotopic (exact) mass is 426 g/mol. The van der Waals surface area contributed by atoms with E-state index < -0.39 is 0 Å². The van der Waals surface area contributed by atoms with Gasteiger partial charge in [0.25, 0.3) is 5.91 Å². The Bertz CT molecular complexity index is 877. The maximum Gasteiger partial charge on any atom is 0.253 e. The van der Waals surface area contributed by atoms with Gasteiger partial charge in [-0.1, -0.05) is 37.7 Å². The number of morpholine rings is 1. The normalized spacial score (nSPS) is 17.0. The Labute approximate surface area is 183 Å². The molecule has 0 bridgehead atoms. The van der Waals surface area contributed by atoms with Gasteiger partial charge in [0, 0.05) is 49.3 Å². The van der Waals surface area contributed by atoms with Crippen LogP contribution in [0.25, 0.3) is 0 Å². The lowest BCUT2D eigenvalue weighted by Gasteiger charge is -2.28. The van der Waals surface area contributed by atoms with Crippen molar-refractivity contribution in [1.29, 1.82) is 0 Å². The van der Waals surface area contributed by atoms with Crippen molar-refractivity contribution in [1.82, 2.24) is 14.9 Å². The Hall–Kier alpha value is -2.12. The van der Waals surface area contributed by atoms with Crippen molar-refractivity contribution in [3.8, 4) is 0 Å². The Morgan fingerprint density at radius 2 is 1.87 bits per heavy atom. The molecule has 6 nitrogen and oxygen atoms in total. The predicted molar refractivity (Wildman–Crippen MR) is 120 cm³/mol. The van der Waals surface area contributed by atoms with Crippen molar-refractivity contribution >= 4 is 23.5 Å². The molecule has 1 aromatic carbocycles. The third-order valence-electron chi connectivity index (χ3n) is 5.57. The molecule has 4 rings (SSSR count). The second-order valence-corrected chi connectivity index (χ2v) is 9.12. The van der Waals surface area contributed by atoms with Gasteiger partial charge in [-0.25, -0.2) is 9.97 Å². The predicted octanol–water partition coefficient (Wildman–Crippen LogP) is 3.96. The third-order valence-corrected chi connectivity index (χ3v) is 6.49. The summed E-state index contributed by atoms with van der Waals surface area (Å²) in [7, 11) is 0. The Morgan fingerprint density at radius 1 is 1.10 bits per heavy atom. The smallest absolute Gasteiger partial charge is 0.253 e. The van der Waals surface area contributed by atoms with Crippen LogP contribution in [0, 0.1) is 0 Å². The SMILES string of the molecule is CC(C)c1cc(N2CCOCC2)nc(SCc2cccc(C(=O)N3CCCC3)c2)n1. The molecule has 0 unspecified atom stereocenters. The maximum atomic E-state index is 12.7. The highest BCUT2D eigenvalue weighted by molar-refractivity contribution is 7.98. The standard InChI is InChI=1S/C23H30N4O2S/c1-17(2)20-15-21(26-10-12-29-13-11-26)25-23(24-20)30-16-18-6-5-7-19(14-18)22(28)27-8-3-4-9-27/h5-7,14-15,17H,3-4,8-13,16H2,1-2H3. The fraction of sp³-hybridized carbons (Fsp3) is 0.522. The number of rotatable bonds is 6. The summed E-state index contributed by atoms with van der Waals surface area (Å²) in [6.45, 7) is 9.26. The summed E-state index contributed by atoms with van der Waals surface area (Å²) in [5, 5.41) is 0.791. The van der Waals surface area contributed by atoms with E-state index >= 15 is 0 Å². The zero-order valence-electron chi connectivity index (χ0n) is 17.8. The van der Waals surface area contributed by atoms with E-state index in [1.165, 1.54) is 0 Å². The number of hydrogen-bond donors (Lipinski definition) is 0. The number of ether oxygens (including phenoxy) is 1. The zero-order chi connectivity index (χ0) is 20.9.